The van der Waals surface area contributed by atoms with Crippen molar-refractivity contribution in [2.45, 2.75) is 38.6 Å². The first-order chi connectivity index (χ1) is 10.6. The fourth-order valence-electron chi connectivity index (χ4n) is 2.13. The highest BCUT2D eigenvalue weighted by molar-refractivity contribution is 6.30. The number of benzene rings is 1. The molecular formula is C16H28Cl3N3O2. The molecular weight excluding hydrogens is 373 g/mol. The lowest BCUT2D eigenvalue weighted by Gasteiger charge is -2.17. The quantitative estimate of drug-likeness (QED) is 0.560. The van der Waals surface area contributed by atoms with E-state index < -0.39 is 0 Å². The van der Waals surface area contributed by atoms with Gasteiger partial charge >= 0.3 is 0 Å². The molecule has 0 aliphatic rings. The molecule has 0 radical (unpaired) electrons. The Morgan fingerprint density at radius 1 is 1.38 bits per heavy atom. The van der Waals surface area contributed by atoms with E-state index >= 15 is 0 Å². The van der Waals surface area contributed by atoms with E-state index in [2.05, 4.69) is 17.6 Å². The van der Waals surface area contributed by atoms with Crippen LogP contribution in [-0.4, -0.2) is 32.1 Å². The Morgan fingerprint density at radius 2 is 2.08 bits per heavy atom. The van der Waals surface area contributed by atoms with E-state index in [9.17, 15) is 4.79 Å². The van der Waals surface area contributed by atoms with Crippen LogP contribution in [0.25, 0.3) is 0 Å². The molecule has 0 spiro atoms. The lowest BCUT2D eigenvalue weighted by Crippen LogP contribution is -2.40. The third kappa shape index (κ3) is 9.42. The van der Waals surface area contributed by atoms with Gasteiger partial charge in [0.15, 0.2) is 0 Å². The summed E-state index contributed by atoms with van der Waals surface area (Å²) in [5, 5.41) is 6.76. The molecule has 140 valence electrons. The number of nitrogens with two attached hydrogens (primary N) is 1. The summed E-state index contributed by atoms with van der Waals surface area (Å²) >= 11 is 5.96. The Hall–Kier alpha value is -0.880. The molecule has 4 N–H and O–H groups in total. The minimum atomic E-state index is 0. The van der Waals surface area contributed by atoms with Gasteiger partial charge in [0.2, 0.25) is 5.91 Å². The highest BCUT2D eigenvalue weighted by Gasteiger charge is 2.10. The second-order valence-electron chi connectivity index (χ2n) is 5.16. The number of methoxy groups -OCH3 is 1. The zero-order valence-corrected chi connectivity index (χ0v) is 16.5. The number of carbonyl (C=O) groups is 1. The Morgan fingerprint density at radius 3 is 2.67 bits per heavy atom. The number of unbranched alkanes of at least 4 members (excludes halogenated alkanes) is 1. The highest BCUT2D eigenvalue weighted by atomic mass is 35.5. The van der Waals surface area contributed by atoms with Gasteiger partial charge in [-0.2, -0.15) is 0 Å². The zero-order valence-electron chi connectivity index (χ0n) is 14.1. The molecule has 1 unspecified atom stereocenters. The number of amides is 1. The number of anilines is 1. The average Bonchev–Trinajstić information content (AvgIpc) is 2.51. The van der Waals surface area contributed by atoms with E-state index in [4.69, 9.17) is 22.1 Å². The van der Waals surface area contributed by atoms with Crippen LogP contribution in [0.2, 0.25) is 5.02 Å². The Kier molecular flexibility index (Phi) is 15.3. The van der Waals surface area contributed by atoms with E-state index in [1.807, 2.05) is 0 Å². The predicted octanol–water partition coefficient (Wildman–Crippen LogP) is 3.63. The predicted molar refractivity (Wildman–Crippen MR) is 106 cm³/mol. The normalized spacial score (nSPS) is 10.8. The van der Waals surface area contributed by atoms with E-state index in [1.165, 1.54) is 0 Å². The van der Waals surface area contributed by atoms with Gasteiger partial charge in [0.05, 0.1) is 12.8 Å². The number of hydrogen-bond donors (Lipinski definition) is 3. The zero-order chi connectivity index (χ0) is 16.4. The molecule has 0 aliphatic carbocycles. The minimum Gasteiger partial charge on any atom is -0.495 e. The van der Waals surface area contributed by atoms with Crippen molar-refractivity contribution in [3.8, 4) is 5.75 Å². The molecule has 0 aromatic heterocycles. The third-order valence-electron chi connectivity index (χ3n) is 3.38. The molecule has 0 saturated carbocycles. The SMILES string of the molecule is CCCCC(CN)NC(=O)CCNc1cc(Cl)ccc1OC.Cl.Cl. The van der Waals surface area contributed by atoms with E-state index in [1.54, 1.807) is 25.3 Å². The number of hydrogen-bond acceptors (Lipinski definition) is 4. The van der Waals surface area contributed by atoms with Gasteiger partial charge in [-0.25, -0.2) is 0 Å². The molecule has 1 aromatic rings. The highest BCUT2D eigenvalue weighted by Crippen LogP contribution is 2.27. The van der Waals surface area contributed by atoms with Crippen molar-refractivity contribution in [1.82, 2.24) is 5.32 Å². The number of halogens is 3. The standard InChI is InChI=1S/C16H26ClN3O2.2ClH/c1-3-4-5-13(11-18)20-16(21)8-9-19-14-10-12(17)6-7-15(14)22-2;;/h6-7,10,13,19H,3-5,8-9,11,18H2,1-2H3,(H,20,21);2*1H. The lowest BCUT2D eigenvalue weighted by molar-refractivity contribution is -0.121. The van der Waals surface area contributed by atoms with E-state index in [-0.39, 0.29) is 36.8 Å². The van der Waals surface area contributed by atoms with Crippen molar-refractivity contribution in [3.05, 3.63) is 23.2 Å². The maximum Gasteiger partial charge on any atom is 0.222 e. The summed E-state index contributed by atoms with van der Waals surface area (Å²) in [6.07, 6.45) is 3.47. The fourth-order valence-corrected chi connectivity index (χ4v) is 2.30. The molecule has 24 heavy (non-hydrogen) atoms. The van der Waals surface area contributed by atoms with Gasteiger partial charge in [-0.1, -0.05) is 31.4 Å². The summed E-state index contributed by atoms with van der Waals surface area (Å²) in [6.45, 7) is 3.10. The Labute approximate surface area is 161 Å². The second kappa shape index (κ2) is 14.5. The van der Waals surface area contributed by atoms with Crippen LogP contribution in [0.1, 0.15) is 32.6 Å². The van der Waals surface area contributed by atoms with Gasteiger partial charge in [0.25, 0.3) is 0 Å². The molecule has 1 amide bonds. The lowest BCUT2D eigenvalue weighted by atomic mass is 10.1. The maximum absolute atomic E-state index is 11.9. The van der Waals surface area contributed by atoms with E-state index in [0.29, 0.717) is 30.3 Å². The van der Waals surface area contributed by atoms with E-state index in [0.717, 1.165) is 24.9 Å². The van der Waals surface area contributed by atoms with Crippen LogP contribution in [0, 0.1) is 0 Å². The molecule has 1 aromatic carbocycles. The number of nitrogens with one attached hydrogen (secondary N) is 2. The minimum absolute atomic E-state index is 0. The molecule has 0 saturated heterocycles. The van der Waals surface area contributed by atoms with Crippen LogP contribution < -0.4 is 21.1 Å². The van der Waals surface area contributed by atoms with Crippen molar-refractivity contribution in [1.29, 1.82) is 0 Å². The third-order valence-corrected chi connectivity index (χ3v) is 3.62. The van der Waals surface area contributed by atoms with Crippen molar-refractivity contribution in [2.75, 3.05) is 25.5 Å². The summed E-state index contributed by atoms with van der Waals surface area (Å²) in [5.74, 6) is 0.702. The largest absolute Gasteiger partial charge is 0.495 e. The molecule has 0 fully saturated rings. The second-order valence-corrected chi connectivity index (χ2v) is 5.60. The Bertz CT molecular complexity index is 476. The number of rotatable bonds is 10. The summed E-state index contributed by atoms with van der Waals surface area (Å²) in [4.78, 5) is 11.9. The molecule has 0 bridgehead atoms. The van der Waals surface area contributed by atoms with Crippen LogP contribution in [0.4, 0.5) is 5.69 Å². The van der Waals surface area contributed by atoms with Crippen molar-refractivity contribution >= 4 is 48.0 Å². The van der Waals surface area contributed by atoms with Gasteiger partial charge in [0, 0.05) is 30.6 Å². The van der Waals surface area contributed by atoms with Gasteiger partial charge in [-0.05, 0) is 24.6 Å². The first-order valence-electron chi connectivity index (χ1n) is 7.67. The van der Waals surface area contributed by atoms with Crippen LogP contribution in [0.5, 0.6) is 5.75 Å². The summed E-state index contributed by atoms with van der Waals surface area (Å²) in [7, 11) is 1.60. The topological polar surface area (TPSA) is 76.4 Å². The van der Waals surface area contributed by atoms with Gasteiger partial charge in [-0.15, -0.1) is 24.8 Å². The number of carbonyl (C=O) groups excluding carboxylic acids is 1. The van der Waals surface area contributed by atoms with Crippen molar-refractivity contribution in [3.63, 3.8) is 0 Å². The average molecular weight is 401 g/mol. The van der Waals surface area contributed by atoms with Crippen LogP contribution in [0.3, 0.4) is 0 Å². The molecule has 8 heteroatoms. The maximum atomic E-state index is 11.9. The van der Waals surface area contributed by atoms with Gasteiger partial charge in [0.1, 0.15) is 5.75 Å². The van der Waals surface area contributed by atoms with Crippen LogP contribution in [0.15, 0.2) is 18.2 Å². The summed E-state index contributed by atoms with van der Waals surface area (Å²) in [6, 6.07) is 5.40. The summed E-state index contributed by atoms with van der Waals surface area (Å²) < 4.78 is 5.25. The summed E-state index contributed by atoms with van der Waals surface area (Å²) in [5.41, 5.74) is 6.46. The molecule has 1 rings (SSSR count). The fraction of sp³-hybridized carbons (Fsp3) is 0.562. The first-order valence-corrected chi connectivity index (χ1v) is 8.05. The van der Waals surface area contributed by atoms with Crippen molar-refractivity contribution < 1.29 is 9.53 Å². The Balaban J connectivity index is 0. The van der Waals surface area contributed by atoms with Gasteiger partial charge in [-0.3, -0.25) is 4.79 Å². The molecule has 5 nitrogen and oxygen atoms in total. The van der Waals surface area contributed by atoms with Crippen molar-refractivity contribution in [2.24, 2.45) is 5.73 Å². The molecule has 0 heterocycles. The number of ether oxygens (including phenoxy) is 1. The first kappa shape index (κ1) is 25.4. The smallest absolute Gasteiger partial charge is 0.222 e. The molecule has 1 atom stereocenters. The van der Waals surface area contributed by atoms with Crippen LogP contribution >= 0.6 is 36.4 Å². The van der Waals surface area contributed by atoms with Crippen LogP contribution in [-0.2, 0) is 4.79 Å². The van der Waals surface area contributed by atoms with Gasteiger partial charge < -0.3 is 21.1 Å². The monoisotopic (exact) mass is 399 g/mol. The molecule has 0 aliphatic heterocycles.